The lowest BCUT2D eigenvalue weighted by molar-refractivity contribution is -0.138. The summed E-state index contributed by atoms with van der Waals surface area (Å²) in [5, 5.41) is 11.2. The molecule has 0 aliphatic heterocycles. The third kappa shape index (κ3) is 5.05. The van der Waals surface area contributed by atoms with E-state index in [1.807, 2.05) is 24.3 Å². The van der Waals surface area contributed by atoms with Crippen molar-refractivity contribution < 1.29 is 14.7 Å². The molecule has 2 aromatic carbocycles. The van der Waals surface area contributed by atoms with Crippen molar-refractivity contribution in [3.63, 3.8) is 0 Å². The van der Waals surface area contributed by atoms with E-state index in [1.54, 1.807) is 0 Å². The van der Waals surface area contributed by atoms with E-state index in [0.717, 1.165) is 12.0 Å². The van der Waals surface area contributed by atoms with Crippen LogP contribution in [0.3, 0.4) is 0 Å². The molecule has 22 heavy (non-hydrogen) atoms. The van der Waals surface area contributed by atoms with Crippen LogP contribution in [0.4, 0.5) is 5.69 Å². The van der Waals surface area contributed by atoms with Crippen molar-refractivity contribution in [3.05, 3.63) is 65.2 Å². The predicted molar refractivity (Wildman–Crippen MR) is 85.9 cm³/mol. The molecule has 2 rings (SSSR count). The number of carbonyl (C=O) groups excluding carboxylic acids is 1. The summed E-state index contributed by atoms with van der Waals surface area (Å²) < 4.78 is 0. The molecule has 4 nitrogen and oxygen atoms in total. The van der Waals surface area contributed by atoms with Crippen molar-refractivity contribution >= 4 is 17.6 Å². The molecule has 2 aromatic rings. The van der Waals surface area contributed by atoms with Crippen molar-refractivity contribution in [2.45, 2.75) is 26.2 Å². The van der Waals surface area contributed by atoms with Crippen LogP contribution in [0.25, 0.3) is 0 Å². The molecule has 0 saturated heterocycles. The van der Waals surface area contributed by atoms with Gasteiger partial charge in [-0.25, -0.2) is 0 Å². The van der Waals surface area contributed by atoms with Gasteiger partial charge in [-0.2, -0.15) is 0 Å². The average Bonchev–Trinajstić information content (AvgIpc) is 2.49. The van der Waals surface area contributed by atoms with Gasteiger partial charge in [-0.1, -0.05) is 42.0 Å². The van der Waals surface area contributed by atoms with E-state index >= 15 is 0 Å². The number of aliphatic carboxylic acids is 1. The number of carbonyl (C=O) groups is 2. The van der Waals surface area contributed by atoms with Crippen molar-refractivity contribution in [2.75, 3.05) is 5.32 Å². The Labute approximate surface area is 129 Å². The van der Waals surface area contributed by atoms with Gasteiger partial charge in [0, 0.05) is 12.1 Å². The van der Waals surface area contributed by atoms with E-state index < -0.39 is 5.97 Å². The molecular formula is C18H19NO3. The lowest BCUT2D eigenvalue weighted by Crippen LogP contribution is -2.13. The Bertz CT molecular complexity index is 645. The van der Waals surface area contributed by atoms with E-state index in [-0.39, 0.29) is 18.7 Å². The second-order valence-corrected chi connectivity index (χ2v) is 5.30. The first-order chi connectivity index (χ1) is 10.5. The second-order valence-electron chi connectivity index (χ2n) is 5.30. The quantitative estimate of drug-likeness (QED) is 0.859. The lowest BCUT2D eigenvalue weighted by Gasteiger charge is -2.06. The first kappa shape index (κ1) is 15.8. The van der Waals surface area contributed by atoms with E-state index in [1.165, 1.54) is 11.1 Å². The van der Waals surface area contributed by atoms with Crippen LogP contribution in [0.1, 0.15) is 29.5 Å². The van der Waals surface area contributed by atoms with Gasteiger partial charge in [0.15, 0.2) is 0 Å². The normalized spacial score (nSPS) is 10.2. The first-order valence-corrected chi connectivity index (χ1v) is 7.19. The van der Waals surface area contributed by atoms with Crippen LogP contribution in [-0.2, 0) is 16.0 Å². The van der Waals surface area contributed by atoms with E-state index in [2.05, 4.69) is 36.5 Å². The van der Waals surface area contributed by atoms with Crippen LogP contribution in [0.5, 0.6) is 0 Å². The standard InChI is InChI=1S/C18H19NO3/c1-13-2-4-14(5-3-13)12-15-6-8-16(9-7-15)19-17(20)10-11-18(21)22/h2-9H,10-12H2,1H3,(H,19,20)(H,21,22). The minimum atomic E-state index is -0.969. The van der Waals surface area contributed by atoms with Gasteiger partial charge >= 0.3 is 5.97 Å². The maximum atomic E-state index is 11.6. The molecule has 0 spiro atoms. The molecule has 0 aromatic heterocycles. The molecule has 0 fully saturated rings. The minimum absolute atomic E-state index is 0.0134. The Balaban J connectivity index is 1.91. The Hall–Kier alpha value is -2.62. The van der Waals surface area contributed by atoms with Crippen LogP contribution >= 0.6 is 0 Å². The van der Waals surface area contributed by atoms with Gasteiger partial charge in [0.05, 0.1) is 6.42 Å². The molecule has 2 N–H and O–H groups in total. The molecule has 0 saturated carbocycles. The number of nitrogens with one attached hydrogen (secondary N) is 1. The largest absolute Gasteiger partial charge is 0.481 e. The zero-order chi connectivity index (χ0) is 15.9. The molecule has 0 bridgehead atoms. The molecule has 4 heteroatoms. The van der Waals surface area contributed by atoms with Gasteiger partial charge in [0.2, 0.25) is 5.91 Å². The fourth-order valence-corrected chi connectivity index (χ4v) is 2.09. The van der Waals surface area contributed by atoms with E-state index in [0.29, 0.717) is 5.69 Å². The Kier molecular flexibility index (Phi) is 5.31. The molecule has 0 atom stereocenters. The highest BCUT2D eigenvalue weighted by Gasteiger charge is 2.05. The van der Waals surface area contributed by atoms with Gasteiger partial charge in [-0.05, 0) is 36.6 Å². The lowest BCUT2D eigenvalue weighted by atomic mass is 10.0. The summed E-state index contributed by atoms with van der Waals surface area (Å²) in [6.45, 7) is 2.06. The van der Waals surface area contributed by atoms with Crippen LogP contribution in [0.2, 0.25) is 0 Å². The van der Waals surface area contributed by atoms with Gasteiger partial charge < -0.3 is 10.4 Å². The van der Waals surface area contributed by atoms with Gasteiger partial charge in [-0.3, -0.25) is 9.59 Å². The molecule has 114 valence electrons. The summed E-state index contributed by atoms with van der Waals surface area (Å²) in [6.07, 6.45) is 0.672. The van der Waals surface area contributed by atoms with Crippen LogP contribution in [0.15, 0.2) is 48.5 Å². The fourth-order valence-electron chi connectivity index (χ4n) is 2.09. The molecule has 0 heterocycles. The smallest absolute Gasteiger partial charge is 0.303 e. The SMILES string of the molecule is Cc1ccc(Cc2ccc(NC(=O)CCC(=O)O)cc2)cc1. The third-order valence-electron chi connectivity index (χ3n) is 3.33. The highest BCUT2D eigenvalue weighted by Crippen LogP contribution is 2.14. The summed E-state index contributed by atoms with van der Waals surface area (Å²) >= 11 is 0. The molecular weight excluding hydrogens is 278 g/mol. The van der Waals surface area contributed by atoms with Crippen LogP contribution in [-0.4, -0.2) is 17.0 Å². The Morgan fingerprint density at radius 3 is 2.00 bits per heavy atom. The van der Waals surface area contributed by atoms with Crippen molar-refractivity contribution in [2.24, 2.45) is 0 Å². The zero-order valence-electron chi connectivity index (χ0n) is 12.5. The number of hydrogen-bond acceptors (Lipinski definition) is 2. The summed E-state index contributed by atoms with van der Waals surface area (Å²) in [7, 11) is 0. The second kappa shape index (κ2) is 7.41. The topological polar surface area (TPSA) is 66.4 Å². The minimum Gasteiger partial charge on any atom is -0.481 e. The molecule has 0 aliphatic rings. The predicted octanol–water partition coefficient (Wildman–Crippen LogP) is 3.39. The van der Waals surface area contributed by atoms with Crippen molar-refractivity contribution in [3.8, 4) is 0 Å². The van der Waals surface area contributed by atoms with Gasteiger partial charge in [0.1, 0.15) is 0 Å². The number of carboxylic acids is 1. The van der Waals surface area contributed by atoms with Gasteiger partial charge in [0.25, 0.3) is 0 Å². The zero-order valence-corrected chi connectivity index (χ0v) is 12.5. The summed E-state index contributed by atoms with van der Waals surface area (Å²) in [5.41, 5.74) is 4.32. The van der Waals surface area contributed by atoms with E-state index in [4.69, 9.17) is 5.11 Å². The molecule has 0 radical (unpaired) electrons. The number of benzene rings is 2. The monoisotopic (exact) mass is 297 g/mol. The van der Waals surface area contributed by atoms with Crippen molar-refractivity contribution in [1.29, 1.82) is 0 Å². The Morgan fingerprint density at radius 2 is 1.45 bits per heavy atom. The fraction of sp³-hybridized carbons (Fsp3) is 0.222. The number of hydrogen-bond donors (Lipinski definition) is 2. The average molecular weight is 297 g/mol. The summed E-state index contributed by atoms with van der Waals surface area (Å²) in [4.78, 5) is 22.0. The number of carboxylic acid groups (broad SMARTS) is 1. The van der Waals surface area contributed by atoms with Crippen LogP contribution < -0.4 is 5.32 Å². The number of rotatable bonds is 6. The van der Waals surface area contributed by atoms with Crippen molar-refractivity contribution in [1.82, 2.24) is 0 Å². The number of amides is 1. The number of anilines is 1. The van der Waals surface area contributed by atoms with Gasteiger partial charge in [-0.15, -0.1) is 0 Å². The maximum absolute atomic E-state index is 11.6. The molecule has 0 unspecified atom stereocenters. The van der Waals surface area contributed by atoms with E-state index in [9.17, 15) is 9.59 Å². The van der Waals surface area contributed by atoms with Crippen LogP contribution in [0, 0.1) is 6.92 Å². The summed E-state index contributed by atoms with van der Waals surface area (Å²) in [6, 6.07) is 16.0. The maximum Gasteiger partial charge on any atom is 0.303 e. The Morgan fingerprint density at radius 1 is 0.909 bits per heavy atom. The molecule has 1 amide bonds. The molecule has 0 aliphatic carbocycles. The number of aryl methyl sites for hydroxylation is 1. The summed E-state index contributed by atoms with van der Waals surface area (Å²) in [5.74, 6) is -1.25. The third-order valence-corrected chi connectivity index (χ3v) is 3.33. The highest BCUT2D eigenvalue weighted by molar-refractivity contribution is 5.92. The highest BCUT2D eigenvalue weighted by atomic mass is 16.4. The first-order valence-electron chi connectivity index (χ1n) is 7.19.